The maximum absolute atomic E-state index is 5.51. The second-order valence-corrected chi connectivity index (χ2v) is 8.99. The Morgan fingerprint density at radius 1 is 1.00 bits per heavy atom. The molecule has 0 aliphatic rings. The van der Waals surface area contributed by atoms with Crippen LogP contribution < -0.4 is 0 Å². The SMILES string of the molecule is CC(Sc1nnc(-c2ccncc2)n1-c1ccccc1)c1nc(C(C)(C)C)no1. The zero-order chi connectivity index (χ0) is 20.4. The van der Waals surface area contributed by atoms with Gasteiger partial charge in [0.25, 0.3) is 0 Å². The van der Waals surface area contributed by atoms with Crippen LogP contribution in [0.1, 0.15) is 44.7 Å². The van der Waals surface area contributed by atoms with E-state index in [0.717, 1.165) is 22.2 Å². The summed E-state index contributed by atoms with van der Waals surface area (Å²) in [5, 5.41) is 13.7. The average molecular weight is 407 g/mol. The summed E-state index contributed by atoms with van der Waals surface area (Å²) in [5.74, 6) is 2.03. The summed E-state index contributed by atoms with van der Waals surface area (Å²) in [6, 6.07) is 13.9. The molecule has 29 heavy (non-hydrogen) atoms. The molecule has 148 valence electrons. The van der Waals surface area contributed by atoms with Crippen LogP contribution in [0.4, 0.5) is 0 Å². The first kappa shape index (κ1) is 19.3. The van der Waals surface area contributed by atoms with E-state index in [1.165, 1.54) is 11.8 Å². The number of para-hydroxylation sites is 1. The van der Waals surface area contributed by atoms with Gasteiger partial charge >= 0.3 is 0 Å². The summed E-state index contributed by atoms with van der Waals surface area (Å²) >= 11 is 1.54. The molecule has 0 fully saturated rings. The predicted octanol–water partition coefficient (Wildman–Crippen LogP) is 4.86. The Morgan fingerprint density at radius 2 is 1.72 bits per heavy atom. The van der Waals surface area contributed by atoms with Crippen molar-refractivity contribution >= 4 is 11.8 Å². The van der Waals surface area contributed by atoms with Crippen LogP contribution in [0.3, 0.4) is 0 Å². The number of benzene rings is 1. The molecule has 1 atom stereocenters. The van der Waals surface area contributed by atoms with Crippen LogP contribution in [0.15, 0.2) is 64.5 Å². The third-order valence-corrected chi connectivity index (χ3v) is 5.36. The van der Waals surface area contributed by atoms with E-state index in [9.17, 15) is 0 Å². The fourth-order valence-electron chi connectivity index (χ4n) is 2.76. The van der Waals surface area contributed by atoms with Gasteiger partial charge in [-0.3, -0.25) is 9.55 Å². The second-order valence-electron chi connectivity index (χ2n) is 7.68. The van der Waals surface area contributed by atoms with Crippen molar-refractivity contribution in [1.82, 2.24) is 29.9 Å². The quantitative estimate of drug-likeness (QED) is 0.438. The Morgan fingerprint density at radius 3 is 2.38 bits per heavy atom. The predicted molar refractivity (Wildman–Crippen MR) is 112 cm³/mol. The Bertz CT molecular complexity index is 1090. The topological polar surface area (TPSA) is 82.5 Å². The lowest BCUT2D eigenvalue weighted by atomic mass is 9.96. The van der Waals surface area contributed by atoms with Crippen molar-refractivity contribution in [2.24, 2.45) is 0 Å². The van der Waals surface area contributed by atoms with Gasteiger partial charge in [0, 0.05) is 29.1 Å². The van der Waals surface area contributed by atoms with E-state index in [4.69, 9.17) is 4.52 Å². The first-order valence-electron chi connectivity index (χ1n) is 9.35. The van der Waals surface area contributed by atoms with Crippen molar-refractivity contribution in [3.05, 3.63) is 66.6 Å². The normalized spacial score (nSPS) is 12.8. The molecule has 3 aromatic heterocycles. The van der Waals surface area contributed by atoms with Crippen molar-refractivity contribution in [2.75, 3.05) is 0 Å². The van der Waals surface area contributed by atoms with Crippen LogP contribution in [0, 0.1) is 0 Å². The molecule has 0 spiro atoms. The van der Waals surface area contributed by atoms with E-state index in [1.807, 2.05) is 54.0 Å². The minimum absolute atomic E-state index is 0.0736. The fourth-order valence-corrected chi connectivity index (χ4v) is 3.66. The van der Waals surface area contributed by atoms with E-state index in [0.29, 0.717) is 11.7 Å². The summed E-state index contributed by atoms with van der Waals surface area (Å²) in [6.07, 6.45) is 3.50. The molecule has 3 heterocycles. The molecular weight excluding hydrogens is 384 g/mol. The van der Waals surface area contributed by atoms with Crippen LogP contribution in [-0.4, -0.2) is 29.9 Å². The minimum Gasteiger partial charge on any atom is -0.338 e. The minimum atomic E-state index is -0.162. The molecule has 0 saturated heterocycles. The number of thioether (sulfide) groups is 1. The highest BCUT2D eigenvalue weighted by atomic mass is 32.2. The standard InChI is InChI=1S/C21H22N6OS/c1-14(18-23-19(26-28-18)21(2,3)4)29-20-25-24-17(15-10-12-22-13-11-15)27(20)16-8-6-5-7-9-16/h5-14H,1-4H3. The van der Waals surface area contributed by atoms with Gasteiger partial charge in [-0.15, -0.1) is 10.2 Å². The third-order valence-electron chi connectivity index (χ3n) is 4.33. The van der Waals surface area contributed by atoms with E-state index < -0.39 is 0 Å². The first-order valence-corrected chi connectivity index (χ1v) is 10.2. The van der Waals surface area contributed by atoms with E-state index in [1.54, 1.807) is 12.4 Å². The summed E-state index contributed by atoms with van der Waals surface area (Å²) in [4.78, 5) is 8.68. The Labute approximate surface area is 173 Å². The molecule has 1 unspecified atom stereocenters. The third kappa shape index (κ3) is 4.07. The highest BCUT2D eigenvalue weighted by molar-refractivity contribution is 7.99. The molecule has 0 aliphatic carbocycles. The molecular formula is C21H22N6OS. The van der Waals surface area contributed by atoms with Gasteiger partial charge in [-0.1, -0.05) is 55.9 Å². The van der Waals surface area contributed by atoms with Crippen LogP contribution in [0.5, 0.6) is 0 Å². The van der Waals surface area contributed by atoms with Crippen molar-refractivity contribution in [1.29, 1.82) is 0 Å². The first-order chi connectivity index (χ1) is 13.9. The molecule has 0 radical (unpaired) electrons. The summed E-state index contributed by atoms with van der Waals surface area (Å²) in [5.41, 5.74) is 1.77. The van der Waals surface area contributed by atoms with Crippen LogP contribution in [0.25, 0.3) is 17.1 Å². The molecule has 4 rings (SSSR count). The Kier molecular flexibility index (Phi) is 5.19. The van der Waals surface area contributed by atoms with E-state index in [2.05, 4.69) is 46.1 Å². The lowest BCUT2D eigenvalue weighted by molar-refractivity contribution is 0.364. The maximum atomic E-state index is 5.51. The van der Waals surface area contributed by atoms with Crippen molar-refractivity contribution < 1.29 is 4.52 Å². The highest BCUT2D eigenvalue weighted by Gasteiger charge is 2.25. The molecule has 0 bridgehead atoms. The van der Waals surface area contributed by atoms with Crippen LogP contribution in [-0.2, 0) is 5.41 Å². The number of rotatable bonds is 5. The molecule has 0 aliphatic heterocycles. The Hall–Kier alpha value is -3.00. The average Bonchev–Trinajstić information content (AvgIpc) is 3.37. The van der Waals surface area contributed by atoms with Gasteiger partial charge in [-0.2, -0.15) is 4.98 Å². The number of aromatic nitrogens is 6. The van der Waals surface area contributed by atoms with Crippen LogP contribution >= 0.6 is 11.8 Å². The number of hydrogen-bond donors (Lipinski definition) is 0. The summed E-state index contributed by atoms with van der Waals surface area (Å²) < 4.78 is 7.55. The number of hydrogen-bond acceptors (Lipinski definition) is 7. The highest BCUT2D eigenvalue weighted by Crippen LogP contribution is 2.36. The van der Waals surface area contributed by atoms with Crippen LogP contribution in [0.2, 0.25) is 0 Å². The Balaban J connectivity index is 1.71. The molecule has 0 saturated carbocycles. The largest absolute Gasteiger partial charge is 0.338 e. The second kappa shape index (κ2) is 7.79. The lowest BCUT2D eigenvalue weighted by Gasteiger charge is -2.12. The van der Waals surface area contributed by atoms with Gasteiger partial charge in [-0.25, -0.2) is 0 Å². The summed E-state index contributed by atoms with van der Waals surface area (Å²) in [7, 11) is 0. The van der Waals surface area contributed by atoms with Gasteiger partial charge in [0.2, 0.25) is 5.89 Å². The number of nitrogens with zero attached hydrogens (tertiary/aromatic N) is 6. The van der Waals surface area contributed by atoms with Crippen molar-refractivity contribution in [3.8, 4) is 17.1 Å². The maximum Gasteiger partial charge on any atom is 0.239 e. The van der Waals surface area contributed by atoms with Gasteiger partial charge in [-0.05, 0) is 31.2 Å². The fraction of sp³-hybridized carbons (Fsp3) is 0.286. The monoisotopic (exact) mass is 406 g/mol. The van der Waals surface area contributed by atoms with Gasteiger partial charge in [0.15, 0.2) is 16.8 Å². The molecule has 4 aromatic rings. The molecule has 8 heteroatoms. The van der Waals surface area contributed by atoms with Crippen molar-refractivity contribution in [2.45, 2.75) is 43.5 Å². The number of pyridine rings is 1. The summed E-state index contributed by atoms with van der Waals surface area (Å²) in [6.45, 7) is 8.21. The van der Waals surface area contributed by atoms with Crippen molar-refractivity contribution in [3.63, 3.8) is 0 Å². The molecule has 0 N–H and O–H groups in total. The van der Waals surface area contributed by atoms with Gasteiger partial charge < -0.3 is 4.52 Å². The van der Waals surface area contributed by atoms with Gasteiger partial charge in [0.1, 0.15) is 0 Å². The zero-order valence-electron chi connectivity index (χ0n) is 16.8. The molecule has 0 amide bonds. The molecule has 7 nitrogen and oxygen atoms in total. The lowest BCUT2D eigenvalue weighted by Crippen LogP contribution is -2.13. The van der Waals surface area contributed by atoms with E-state index in [-0.39, 0.29) is 10.7 Å². The van der Waals surface area contributed by atoms with Gasteiger partial charge in [0.05, 0.1) is 5.25 Å². The van der Waals surface area contributed by atoms with E-state index >= 15 is 0 Å². The zero-order valence-corrected chi connectivity index (χ0v) is 17.6. The molecule has 1 aromatic carbocycles. The smallest absolute Gasteiger partial charge is 0.239 e.